The Hall–Kier alpha value is -1.43. The van der Waals surface area contributed by atoms with Gasteiger partial charge in [-0.25, -0.2) is 9.78 Å². The van der Waals surface area contributed by atoms with Crippen LogP contribution in [0.5, 0.6) is 0 Å². The average Bonchev–Trinajstić information content (AvgIpc) is 2.58. The van der Waals surface area contributed by atoms with Crippen LogP contribution in [0.25, 0.3) is 0 Å². The van der Waals surface area contributed by atoms with Gasteiger partial charge in [-0.15, -0.1) is 11.3 Å². The lowest BCUT2D eigenvalue weighted by atomic mass is 10.3. The SMILES string of the molecule is Cc1nc(C2OC(=O)N=C2N)cs1. The Bertz CT molecular complexity index is 385. The molecule has 0 saturated carbocycles. The first kappa shape index (κ1) is 8.18. The number of cyclic esters (lactones) is 1. The number of carbonyl (C=O) groups is 1. The number of aryl methyl sites for hydroxylation is 1. The van der Waals surface area contributed by atoms with Gasteiger partial charge < -0.3 is 10.5 Å². The summed E-state index contributed by atoms with van der Waals surface area (Å²) >= 11 is 1.48. The van der Waals surface area contributed by atoms with E-state index in [2.05, 4.69) is 9.98 Å². The monoisotopic (exact) mass is 197 g/mol. The third-order valence-electron chi connectivity index (χ3n) is 1.61. The molecule has 0 fully saturated rings. The standard InChI is InChI=1S/C7H7N3O2S/c1-3-9-4(2-13-3)5-6(8)10-7(11)12-5/h2,5H,1H3,(H2,8,10,11). The first-order valence-electron chi connectivity index (χ1n) is 3.63. The molecule has 1 aliphatic rings. The summed E-state index contributed by atoms with van der Waals surface area (Å²) in [4.78, 5) is 18.3. The Labute approximate surface area is 78.3 Å². The fourth-order valence-corrected chi connectivity index (χ4v) is 1.69. The molecule has 1 aliphatic heterocycles. The number of nitrogens with zero attached hydrogens (tertiary/aromatic N) is 2. The molecule has 1 aromatic rings. The van der Waals surface area contributed by atoms with Gasteiger partial charge in [-0.2, -0.15) is 4.99 Å². The minimum Gasteiger partial charge on any atom is -0.430 e. The van der Waals surface area contributed by atoms with E-state index in [1.807, 2.05) is 6.92 Å². The maximum atomic E-state index is 10.7. The van der Waals surface area contributed by atoms with Gasteiger partial charge in [0.2, 0.25) is 6.10 Å². The number of aromatic nitrogens is 1. The van der Waals surface area contributed by atoms with Gasteiger partial charge in [-0.1, -0.05) is 0 Å². The summed E-state index contributed by atoms with van der Waals surface area (Å²) in [7, 11) is 0. The Morgan fingerprint density at radius 2 is 2.46 bits per heavy atom. The number of amides is 1. The predicted octanol–water partition coefficient (Wildman–Crippen LogP) is 1.00. The predicted molar refractivity (Wildman–Crippen MR) is 47.7 cm³/mol. The first-order valence-corrected chi connectivity index (χ1v) is 4.51. The van der Waals surface area contributed by atoms with E-state index in [1.165, 1.54) is 11.3 Å². The quantitative estimate of drug-likeness (QED) is 0.728. The van der Waals surface area contributed by atoms with Crippen LogP contribution in [0.15, 0.2) is 10.4 Å². The van der Waals surface area contributed by atoms with Crippen molar-refractivity contribution in [3.8, 4) is 0 Å². The van der Waals surface area contributed by atoms with E-state index in [0.717, 1.165) is 5.01 Å². The molecule has 0 aliphatic carbocycles. The Morgan fingerprint density at radius 1 is 1.69 bits per heavy atom. The van der Waals surface area contributed by atoms with Crippen LogP contribution in [0.1, 0.15) is 16.8 Å². The van der Waals surface area contributed by atoms with Crippen molar-refractivity contribution in [3.63, 3.8) is 0 Å². The highest BCUT2D eigenvalue weighted by Crippen LogP contribution is 2.23. The number of rotatable bonds is 1. The molecule has 1 atom stereocenters. The van der Waals surface area contributed by atoms with Gasteiger partial charge in [0.15, 0.2) is 5.84 Å². The fourth-order valence-electron chi connectivity index (χ4n) is 1.06. The van der Waals surface area contributed by atoms with E-state index >= 15 is 0 Å². The lowest BCUT2D eigenvalue weighted by Crippen LogP contribution is -2.19. The van der Waals surface area contributed by atoms with Gasteiger partial charge in [0.1, 0.15) is 5.69 Å². The highest BCUT2D eigenvalue weighted by atomic mass is 32.1. The minimum atomic E-state index is -0.645. The van der Waals surface area contributed by atoms with Crippen molar-refractivity contribution in [1.29, 1.82) is 0 Å². The molecular formula is C7H7N3O2S. The second-order valence-corrected chi connectivity index (χ2v) is 3.65. The smallest absolute Gasteiger partial charge is 0.430 e. The second-order valence-electron chi connectivity index (χ2n) is 2.59. The number of thiazole rings is 1. The van der Waals surface area contributed by atoms with E-state index < -0.39 is 12.2 Å². The number of ether oxygens (including phenoxy) is 1. The van der Waals surface area contributed by atoms with Crippen molar-refractivity contribution in [2.24, 2.45) is 10.7 Å². The average molecular weight is 197 g/mol. The molecule has 0 saturated heterocycles. The van der Waals surface area contributed by atoms with E-state index in [0.29, 0.717) is 5.69 Å². The zero-order chi connectivity index (χ0) is 9.42. The number of hydrogen-bond donors (Lipinski definition) is 1. The van der Waals surface area contributed by atoms with Crippen LogP contribution in [0, 0.1) is 6.92 Å². The molecule has 2 rings (SSSR count). The van der Waals surface area contributed by atoms with Crippen LogP contribution in [0.3, 0.4) is 0 Å². The lowest BCUT2D eigenvalue weighted by Gasteiger charge is -2.04. The molecule has 0 spiro atoms. The van der Waals surface area contributed by atoms with Gasteiger partial charge in [0, 0.05) is 5.38 Å². The summed E-state index contributed by atoms with van der Waals surface area (Å²) in [5, 5.41) is 2.71. The maximum absolute atomic E-state index is 10.7. The molecule has 2 N–H and O–H groups in total. The number of aliphatic imine (C=N–C) groups is 1. The van der Waals surface area contributed by atoms with Crippen LogP contribution in [0.2, 0.25) is 0 Å². The summed E-state index contributed by atoms with van der Waals surface area (Å²) in [6, 6.07) is 0. The number of amidine groups is 1. The summed E-state index contributed by atoms with van der Waals surface area (Å²) < 4.78 is 4.85. The third-order valence-corrected chi connectivity index (χ3v) is 2.40. The number of nitrogens with two attached hydrogens (primary N) is 1. The zero-order valence-electron chi connectivity index (χ0n) is 6.85. The van der Waals surface area contributed by atoms with Gasteiger partial charge in [0.05, 0.1) is 5.01 Å². The Balaban J connectivity index is 2.29. The van der Waals surface area contributed by atoms with Gasteiger partial charge in [-0.3, -0.25) is 0 Å². The van der Waals surface area contributed by atoms with Crippen molar-refractivity contribution in [3.05, 3.63) is 16.1 Å². The zero-order valence-corrected chi connectivity index (χ0v) is 7.67. The highest BCUT2D eigenvalue weighted by Gasteiger charge is 2.29. The molecule has 1 aromatic heterocycles. The molecule has 1 unspecified atom stereocenters. The maximum Gasteiger partial charge on any atom is 0.436 e. The molecule has 1 amide bonds. The molecule has 2 heterocycles. The summed E-state index contributed by atoms with van der Waals surface area (Å²) in [6.07, 6.45) is -1.23. The number of hydrogen-bond acceptors (Lipinski definition) is 5. The van der Waals surface area contributed by atoms with E-state index in [9.17, 15) is 4.79 Å². The minimum absolute atomic E-state index is 0.176. The molecular weight excluding hydrogens is 190 g/mol. The fraction of sp³-hybridized carbons (Fsp3) is 0.286. The van der Waals surface area contributed by atoms with Crippen LogP contribution >= 0.6 is 11.3 Å². The Kier molecular flexibility index (Phi) is 1.77. The normalized spacial score (nSPS) is 21.5. The molecule has 0 aromatic carbocycles. The van der Waals surface area contributed by atoms with Gasteiger partial charge >= 0.3 is 6.09 Å². The van der Waals surface area contributed by atoms with Crippen molar-refractivity contribution >= 4 is 23.3 Å². The summed E-state index contributed by atoms with van der Waals surface area (Å²) in [6.45, 7) is 1.87. The van der Waals surface area contributed by atoms with Crippen LogP contribution in [-0.2, 0) is 4.74 Å². The Morgan fingerprint density at radius 3 is 2.92 bits per heavy atom. The summed E-state index contributed by atoms with van der Waals surface area (Å²) in [5.74, 6) is 0.176. The first-order chi connectivity index (χ1) is 6.16. The molecule has 68 valence electrons. The van der Waals surface area contributed by atoms with E-state index in [-0.39, 0.29) is 5.84 Å². The van der Waals surface area contributed by atoms with Crippen LogP contribution < -0.4 is 5.73 Å². The topological polar surface area (TPSA) is 77.6 Å². The summed E-state index contributed by atoms with van der Waals surface area (Å²) in [5.41, 5.74) is 6.13. The van der Waals surface area contributed by atoms with Crippen LogP contribution in [0.4, 0.5) is 4.79 Å². The van der Waals surface area contributed by atoms with E-state index in [1.54, 1.807) is 5.38 Å². The highest BCUT2D eigenvalue weighted by molar-refractivity contribution is 7.09. The van der Waals surface area contributed by atoms with E-state index in [4.69, 9.17) is 10.5 Å². The van der Waals surface area contributed by atoms with Crippen LogP contribution in [-0.4, -0.2) is 16.9 Å². The van der Waals surface area contributed by atoms with Crippen molar-refractivity contribution in [2.45, 2.75) is 13.0 Å². The number of carbonyl (C=O) groups excluding carboxylic acids is 1. The van der Waals surface area contributed by atoms with Gasteiger partial charge in [0.25, 0.3) is 0 Å². The lowest BCUT2D eigenvalue weighted by molar-refractivity contribution is 0.147. The molecule has 0 radical (unpaired) electrons. The van der Waals surface area contributed by atoms with Crippen molar-refractivity contribution < 1.29 is 9.53 Å². The molecule has 13 heavy (non-hydrogen) atoms. The van der Waals surface area contributed by atoms with Gasteiger partial charge in [-0.05, 0) is 6.92 Å². The second kappa shape index (κ2) is 2.81. The molecule has 6 heteroatoms. The third kappa shape index (κ3) is 1.40. The molecule has 0 bridgehead atoms. The largest absolute Gasteiger partial charge is 0.436 e. The molecule has 5 nitrogen and oxygen atoms in total. The van der Waals surface area contributed by atoms with Crippen molar-refractivity contribution in [1.82, 2.24) is 4.98 Å². The van der Waals surface area contributed by atoms with Crippen molar-refractivity contribution in [2.75, 3.05) is 0 Å².